The van der Waals surface area contributed by atoms with Crippen molar-refractivity contribution in [2.45, 2.75) is 38.6 Å². The summed E-state index contributed by atoms with van der Waals surface area (Å²) >= 11 is 7.48. The first-order chi connectivity index (χ1) is 10.2. The van der Waals surface area contributed by atoms with E-state index >= 15 is 0 Å². The van der Waals surface area contributed by atoms with Crippen LogP contribution in [0.1, 0.15) is 30.8 Å². The minimum atomic E-state index is 0.0548. The van der Waals surface area contributed by atoms with Crippen LogP contribution in [0.3, 0.4) is 0 Å². The first-order valence-electron chi connectivity index (χ1n) is 7.42. The van der Waals surface area contributed by atoms with Crippen molar-refractivity contribution in [2.75, 3.05) is 10.7 Å². The van der Waals surface area contributed by atoms with Gasteiger partial charge in [-0.25, -0.2) is 0 Å². The van der Waals surface area contributed by atoms with Crippen LogP contribution < -0.4 is 0 Å². The fourth-order valence-corrected chi connectivity index (χ4v) is 4.60. The van der Waals surface area contributed by atoms with E-state index in [4.69, 9.17) is 0 Å². The average Bonchev–Trinajstić information content (AvgIpc) is 2.95. The lowest BCUT2D eigenvalue weighted by atomic mass is 9.80. The Labute approximate surface area is 144 Å². The zero-order valence-corrected chi connectivity index (χ0v) is 15.8. The van der Waals surface area contributed by atoms with E-state index in [2.05, 4.69) is 91.9 Å². The van der Waals surface area contributed by atoms with E-state index in [0.717, 1.165) is 30.0 Å². The van der Waals surface area contributed by atoms with Gasteiger partial charge in [0.05, 0.1) is 5.69 Å². The molecule has 0 unspecified atom stereocenters. The average molecular weight is 414 g/mol. The highest BCUT2D eigenvalue weighted by Crippen LogP contribution is 2.33. The van der Waals surface area contributed by atoms with Crippen molar-refractivity contribution >= 4 is 31.9 Å². The molecule has 0 radical (unpaired) electrons. The van der Waals surface area contributed by atoms with Crippen molar-refractivity contribution in [3.05, 3.63) is 53.3 Å². The summed E-state index contributed by atoms with van der Waals surface area (Å²) < 4.78 is 2.14. The highest BCUT2D eigenvalue weighted by Gasteiger charge is 2.31. The second-order valence-corrected chi connectivity index (χ2v) is 6.51. The van der Waals surface area contributed by atoms with Crippen molar-refractivity contribution < 1.29 is 0 Å². The highest BCUT2D eigenvalue weighted by molar-refractivity contribution is 9.09. The number of benzene rings is 1. The van der Waals surface area contributed by atoms with Crippen molar-refractivity contribution in [3.63, 3.8) is 0 Å². The summed E-state index contributed by atoms with van der Waals surface area (Å²) in [4.78, 5) is 0. The van der Waals surface area contributed by atoms with Crippen molar-refractivity contribution in [1.82, 2.24) is 9.78 Å². The van der Waals surface area contributed by atoms with Gasteiger partial charge in [0.15, 0.2) is 0 Å². The number of aromatic nitrogens is 2. The molecule has 0 aliphatic heterocycles. The standard InChI is InChI=1S/C17H22Br2N2/c1-3-15-10-16(21(4-2)20-15)11-17(12-18,13-19)14-8-6-5-7-9-14/h5-10H,3-4,11-13H2,1-2H3. The maximum atomic E-state index is 4.68. The van der Waals surface area contributed by atoms with E-state index in [9.17, 15) is 0 Å². The summed E-state index contributed by atoms with van der Waals surface area (Å²) in [6.45, 7) is 5.23. The second kappa shape index (κ2) is 7.59. The van der Waals surface area contributed by atoms with E-state index in [1.807, 2.05) is 0 Å². The van der Waals surface area contributed by atoms with Crippen LogP contribution in [0.5, 0.6) is 0 Å². The molecule has 4 heteroatoms. The van der Waals surface area contributed by atoms with Gasteiger partial charge < -0.3 is 0 Å². The highest BCUT2D eigenvalue weighted by atomic mass is 79.9. The number of rotatable bonds is 7. The Kier molecular flexibility index (Phi) is 6.06. The molecule has 2 rings (SSSR count). The number of hydrogen-bond acceptors (Lipinski definition) is 1. The smallest absolute Gasteiger partial charge is 0.0624 e. The van der Waals surface area contributed by atoms with Crippen LogP contribution in [-0.4, -0.2) is 20.4 Å². The maximum absolute atomic E-state index is 4.68. The fourth-order valence-electron chi connectivity index (χ4n) is 2.63. The first-order valence-corrected chi connectivity index (χ1v) is 9.66. The van der Waals surface area contributed by atoms with E-state index < -0.39 is 0 Å². The Morgan fingerprint density at radius 2 is 1.76 bits per heavy atom. The molecule has 0 saturated carbocycles. The molecule has 0 N–H and O–H groups in total. The summed E-state index contributed by atoms with van der Waals surface area (Å²) in [5.41, 5.74) is 3.91. The van der Waals surface area contributed by atoms with E-state index in [1.54, 1.807) is 0 Å². The molecule has 21 heavy (non-hydrogen) atoms. The third-order valence-electron chi connectivity index (χ3n) is 3.99. The molecule has 0 atom stereocenters. The van der Waals surface area contributed by atoms with Crippen LogP contribution in [0.2, 0.25) is 0 Å². The van der Waals surface area contributed by atoms with Gasteiger partial charge in [0.2, 0.25) is 0 Å². The van der Waals surface area contributed by atoms with Gasteiger partial charge in [0.1, 0.15) is 0 Å². The number of hydrogen-bond donors (Lipinski definition) is 0. The normalized spacial score (nSPS) is 11.8. The monoisotopic (exact) mass is 412 g/mol. The van der Waals surface area contributed by atoms with Crippen LogP contribution in [0.4, 0.5) is 0 Å². The first kappa shape index (κ1) is 16.8. The molecule has 2 nitrogen and oxygen atoms in total. The molecular formula is C17H22Br2N2. The molecule has 0 saturated heterocycles. The maximum Gasteiger partial charge on any atom is 0.0624 e. The lowest BCUT2D eigenvalue weighted by Gasteiger charge is -2.31. The molecule has 114 valence electrons. The summed E-state index contributed by atoms with van der Waals surface area (Å²) in [5.74, 6) is 0. The minimum Gasteiger partial charge on any atom is -0.270 e. The van der Waals surface area contributed by atoms with Crippen LogP contribution in [0.25, 0.3) is 0 Å². The van der Waals surface area contributed by atoms with Gasteiger partial charge in [0.25, 0.3) is 0 Å². The predicted molar refractivity (Wildman–Crippen MR) is 96.7 cm³/mol. The van der Waals surface area contributed by atoms with Gasteiger partial charge in [-0.2, -0.15) is 5.10 Å². The van der Waals surface area contributed by atoms with E-state index in [0.29, 0.717) is 0 Å². The van der Waals surface area contributed by atoms with Crippen LogP contribution in [0.15, 0.2) is 36.4 Å². The van der Waals surface area contributed by atoms with Crippen LogP contribution in [-0.2, 0) is 24.8 Å². The van der Waals surface area contributed by atoms with E-state index in [1.165, 1.54) is 17.0 Å². The molecule has 0 amide bonds. The zero-order chi connectivity index (χ0) is 15.3. The third kappa shape index (κ3) is 3.59. The molecule has 2 aromatic rings. The molecule has 1 aromatic carbocycles. The summed E-state index contributed by atoms with van der Waals surface area (Å²) in [7, 11) is 0. The molecule has 1 aromatic heterocycles. The Bertz CT molecular complexity index is 559. The molecule has 0 aliphatic carbocycles. The van der Waals surface area contributed by atoms with E-state index in [-0.39, 0.29) is 5.41 Å². The molecule has 0 spiro atoms. The van der Waals surface area contributed by atoms with Crippen molar-refractivity contribution in [3.8, 4) is 0 Å². The summed E-state index contributed by atoms with van der Waals surface area (Å²) in [5, 5.41) is 6.52. The largest absolute Gasteiger partial charge is 0.270 e. The van der Waals surface area contributed by atoms with Gasteiger partial charge in [-0.1, -0.05) is 69.1 Å². The van der Waals surface area contributed by atoms with Gasteiger partial charge >= 0.3 is 0 Å². The van der Waals surface area contributed by atoms with Gasteiger partial charge in [0, 0.05) is 34.7 Å². The topological polar surface area (TPSA) is 17.8 Å². The minimum absolute atomic E-state index is 0.0548. The van der Waals surface area contributed by atoms with Gasteiger partial charge in [-0.3, -0.25) is 4.68 Å². The predicted octanol–water partition coefficient (Wildman–Crippen LogP) is 4.74. The molecular weight excluding hydrogens is 392 g/mol. The quantitative estimate of drug-likeness (QED) is 0.599. The zero-order valence-electron chi connectivity index (χ0n) is 12.6. The number of alkyl halides is 2. The second-order valence-electron chi connectivity index (χ2n) is 5.39. The van der Waals surface area contributed by atoms with Crippen LogP contribution in [0, 0.1) is 0 Å². The fraction of sp³-hybridized carbons (Fsp3) is 0.471. The van der Waals surface area contributed by atoms with Crippen molar-refractivity contribution in [2.24, 2.45) is 0 Å². The molecule has 0 aliphatic rings. The SMILES string of the molecule is CCc1cc(CC(CBr)(CBr)c2ccccc2)n(CC)n1. The Morgan fingerprint density at radius 1 is 1.10 bits per heavy atom. The Balaban J connectivity index is 2.39. The van der Waals surface area contributed by atoms with Crippen molar-refractivity contribution in [1.29, 1.82) is 0 Å². The lowest BCUT2D eigenvalue weighted by Crippen LogP contribution is -2.33. The number of aryl methyl sites for hydroxylation is 2. The number of halogens is 2. The summed E-state index contributed by atoms with van der Waals surface area (Å²) in [6.07, 6.45) is 1.97. The Hall–Kier alpha value is -0.610. The number of nitrogens with zero attached hydrogens (tertiary/aromatic N) is 2. The third-order valence-corrected chi connectivity index (χ3v) is 6.14. The molecule has 0 fully saturated rings. The molecule has 0 bridgehead atoms. The lowest BCUT2D eigenvalue weighted by molar-refractivity contribution is 0.508. The Morgan fingerprint density at radius 3 is 2.29 bits per heavy atom. The van der Waals surface area contributed by atoms with Gasteiger partial charge in [-0.15, -0.1) is 0 Å². The van der Waals surface area contributed by atoms with Crippen LogP contribution >= 0.6 is 31.9 Å². The summed E-state index contributed by atoms with van der Waals surface area (Å²) in [6, 6.07) is 13.0. The van der Waals surface area contributed by atoms with Gasteiger partial charge in [-0.05, 0) is 25.0 Å². The molecule has 1 heterocycles.